The molecule has 5 atom stereocenters. The Morgan fingerprint density at radius 1 is 1.23 bits per heavy atom. The highest BCUT2D eigenvalue weighted by Gasteiger charge is 2.49. The van der Waals surface area contributed by atoms with E-state index < -0.39 is 44.3 Å². The average molecular weight is 625 g/mol. The summed E-state index contributed by atoms with van der Waals surface area (Å²) in [5.74, 6) is -0.121. The number of H-pyrrole nitrogens is 1. The maximum absolute atomic E-state index is 12.8. The summed E-state index contributed by atoms with van der Waals surface area (Å²) in [5.41, 5.74) is 7.16. The first-order chi connectivity index (χ1) is 20.6. The van der Waals surface area contributed by atoms with Crippen molar-refractivity contribution in [2.75, 3.05) is 32.8 Å². The molecule has 1 amide bonds. The number of carbonyl (C=O) groups is 1. The number of hydrogen-bond donors (Lipinski definition) is 2. The molecule has 2 unspecified atom stereocenters. The number of rotatable bonds is 20. The highest BCUT2D eigenvalue weighted by atomic mass is 31.2. The fraction of sp³-hybridized carbons (Fsp3) is 0.778. The monoisotopic (exact) mass is 624 g/mol. The molecule has 1 aromatic heterocycles. The van der Waals surface area contributed by atoms with Gasteiger partial charge in [0, 0.05) is 48.8 Å². The van der Waals surface area contributed by atoms with Crippen LogP contribution in [0.5, 0.6) is 0 Å². The normalized spacial score (nSPS) is 20.7. The van der Waals surface area contributed by atoms with Crippen molar-refractivity contribution < 1.29 is 23.3 Å². The Labute approximate surface area is 253 Å². The van der Waals surface area contributed by atoms with Crippen molar-refractivity contribution >= 4 is 14.4 Å². The molecular weight excluding hydrogens is 579 g/mol. The van der Waals surface area contributed by atoms with E-state index in [0.717, 1.165) is 12.8 Å². The van der Waals surface area contributed by atoms with Gasteiger partial charge in [0.1, 0.15) is 18.8 Å². The molecule has 16 heteroatoms. The Hall–Kier alpha value is -2.82. The Morgan fingerprint density at radius 3 is 2.60 bits per heavy atom. The summed E-state index contributed by atoms with van der Waals surface area (Å²) in [6.45, 7) is 18.4. The molecule has 0 bridgehead atoms. The molecule has 43 heavy (non-hydrogen) atoms. The van der Waals surface area contributed by atoms with Gasteiger partial charge in [0.15, 0.2) is 6.23 Å². The SMILES string of the molecule is [C-]#[N+]CCOP(OC1[C@@H](CC)O[C@@H](n2ccc(=O)[nH]c2=O)[C@H]1OCCNC(=O)CCCCCN=[N+]=[N-])N(C(C)C)C(C)C. The fourth-order valence-electron chi connectivity index (χ4n) is 4.75. The molecule has 1 aliphatic heterocycles. The Morgan fingerprint density at radius 2 is 1.98 bits per heavy atom. The summed E-state index contributed by atoms with van der Waals surface area (Å²) in [6.07, 6.45) is 1.63. The van der Waals surface area contributed by atoms with Gasteiger partial charge in [-0.05, 0) is 52.5 Å². The minimum absolute atomic E-state index is 0.0766. The van der Waals surface area contributed by atoms with Crippen LogP contribution in [0.2, 0.25) is 0 Å². The number of nitrogens with one attached hydrogen (secondary N) is 2. The summed E-state index contributed by atoms with van der Waals surface area (Å²) < 4.78 is 28.7. The summed E-state index contributed by atoms with van der Waals surface area (Å²) in [6, 6.07) is 1.39. The second-order valence-electron chi connectivity index (χ2n) is 10.5. The molecule has 2 N–H and O–H groups in total. The first-order valence-corrected chi connectivity index (χ1v) is 15.8. The van der Waals surface area contributed by atoms with E-state index in [4.69, 9.17) is 30.6 Å². The Kier molecular flexibility index (Phi) is 16.5. The number of amides is 1. The predicted molar refractivity (Wildman–Crippen MR) is 162 cm³/mol. The predicted octanol–water partition coefficient (Wildman–Crippen LogP) is 3.88. The number of aromatic amines is 1. The molecule has 0 spiro atoms. The minimum Gasteiger partial charge on any atom is -0.369 e. The number of ether oxygens (including phenoxy) is 2. The Bertz CT molecular complexity index is 1190. The van der Waals surface area contributed by atoms with Crippen molar-refractivity contribution in [3.8, 4) is 0 Å². The van der Waals surface area contributed by atoms with Gasteiger partial charge in [-0.3, -0.25) is 19.1 Å². The van der Waals surface area contributed by atoms with E-state index in [1.165, 1.54) is 16.8 Å². The standard InChI is InChI=1S/C27H45N8O7P/c1-7-21-24(42-43(40-18-14-29-6)35(19(2)3)20(4)5)25(26(41-21)34-16-12-23(37)32-27(34)38)39-17-15-30-22(36)11-9-8-10-13-31-33-28/h12,16,19-21,24-26H,7-11,13-15,17-18H2,1-5H3,(H,30,36)(H,32,37,38)/t21-,24?,25+,26-,43?/m1/s1. The van der Waals surface area contributed by atoms with Crippen molar-refractivity contribution in [2.24, 2.45) is 5.11 Å². The summed E-state index contributed by atoms with van der Waals surface area (Å²) in [4.78, 5) is 45.2. The Balaban J connectivity index is 2.22. The zero-order chi connectivity index (χ0) is 31.8. The highest BCUT2D eigenvalue weighted by molar-refractivity contribution is 7.44. The lowest BCUT2D eigenvalue weighted by atomic mass is 10.1. The molecule has 15 nitrogen and oxygen atoms in total. The van der Waals surface area contributed by atoms with Crippen LogP contribution in [0, 0.1) is 6.57 Å². The molecule has 1 saturated heterocycles. The lowest BCUT2D eigenvalue weighted by molar-refractivity contribution is -0.121. The smallest absolute Gasteiger partial charge is 0.330 e. The number of hydrogen-bond acceptors (Lipinski definition) is 9. The fourth-order valence-corrected chi connectivity index (χ4v) is 6.51. The van der Waals surface area contributed by atoms with E-state index in [1.54, 1.807) is 0 Å². The summed E-state index contributed by atoms with van der Waals surface area (Å²) >= 11 is 0. The largest absolute Gasteiger partial charge is 0.369 e. The van der Waals surface area contributed by atoms with Gasteiger partial charge in [0.05, 0.1) is 12.7 Å². The molecule has 0 saturated carbocycles. The van der Waals surface area contributed by atoms with Gasteiger partial charge in [-0.1, -0.05) is 18.5 Å². The van der Waals surface area contributed by atoms with Crippen LogP contribution in [0.25, 0.3) is 15.3 Å². The van der Waals surface area contributed by atoms with Gasteiger partial charge in [0.2, 0.25) is 12.5 Å². The molecule has 1 aliphatic rings. The van der Waals surface area contributed by atoms with E-state index in [2.05, 4.69) is 29.8 Å². The molecular formula is C27H45N8O7P. The number of aromatic nitrogens is 2. The third kappa shape index (κ3) is 11.7. The first-order valence-electron chi connectivity index (χ1n) is 14.7. The quantitative estimate of drug-likeness (QED) is 0.0548. The molecule has 1 aromatic rings. The maximum atomic E-state index is 12.8. The third-order valence-corrected chi connectivity index (χ3v) is 8.76. The van der Waals surface area contributed by atoms with E-state index in [9.17, 15) is 14.4 Å². The second kappa shape index (κ2) is 19.5. The summed E-state index contributed by atoms with van der Waals surface area (Å²) in [5, 5.41) is 6.33. The topological polar surface area (TPSA) is 177 Å². The van der Waals surface area contributed by atoms with Crippen molar-refractivity contribution in [2.45, 2.75) is 103 Å². The van der Waals surface area contributed by atoms with Crippen LogP contribution in [0.1, 0.15) is 73.0 Å². The number of carbonyl (C=O) groups excluding carboxylic acids is 1. The molecule has 2 rings (SSSR count). The zero-order valence-corrected chi connectivity index (χ0v) is 26.6. The van der Waals surface area contributed by atoms with Crippen LogP contribution in [-0.2, 0) is 23.3 Å². The molecule has 0 aliphatic carbocycles. The molecule has 240 valence electrons. The molecule has 0 radical (unpaired) electrons. The van der Waals surface area contributed by atoms with Crippen molar-refractivity contribution in [1.29, 1.82) is 0 Å². The van der Waals surface area contributed by atoms with E-state index >= 15 is 0 Å². The average Bonchev–Trinajstić information content (AvgIpc) is 3.29. The minimum atomic E-state index is -1.64. The lowest BCUT2D eigenvalue weighted by Gasteiger charge is -2.38. The maximum Gasteiger partial charge on any atom is 0.330 e. The van der Waals surface area contributed by atoms with E-state index in [0.29, 0.717) is 25.8 Å². The van der Waals surface area contributed by atoms with Crippen molar-refractivity contribution in [3.05, 3.63) is 55.0 Å². The van der Waals surface area contributed by atoms with E-state index in [1.807, 2.05) is 34.6 Å². The van der Waals surface area contributed by atoms with Gasteiger partial charge < -0.3 is 28.7 Å². The molecule has 2 heterocycles. The zero-order valence-electron chi connectivity index (χ0n) is 25.7. The van der Waals surface area contributed by atoms with Crippen LogP contribution >= 0.6 is 8.53 Å². The van der Waals surface area contributed by atoms with E-state index in [-0.39, 0.29) is 44.3 Å². The molecule has 0 aromatic carbocycles. The van der Waals surface area contributed by atoms with Gasteiger partial charge in [0.25, 0.3) is 14.1 Å². The van der Waals surface area contributed by atoms with Crippen LogP contribution in [0.15, 0.2) is 27.0 Å². The molecule has 1 fully saturated rings. The summed E-state index contributed by atoms with van der Waals surface area (Å²) in [7, 11) is -1.64. The second-order valence-corrected chi connectivity index (χ2v) is 11.9. The highest BCUT2D eigenvalue weighted by Crippen LogP contribution is 2.50. The first kappa shape index (κ1) is 36.4. The van der Waals surface area contributed by atoms with Gasteiger partial charge in [-0.15, -0.1) is 0 Å². The van der Waals surface area contributed by atoms with Crippen LogP contribution in [0.4, 0.5) is 0 Å². The lowest BCUT2D eigenvalue weighted by Crippen LogP contribution is -2.42. The number of nitrogens with zero attached hydrogens (tertiary/aromatic N) is 6. The van der Waals surface area contributed by atoms with Gasteiger partial charge in [-0.2, -0.15) is 0 Å². The van der Waals surface area contributed by atoms with Crippen LogP contribution in [-0.4, -0.2) is 83.4 Å². The third-order valence-electron chi connectivity index (χ3n) is 6.64. The van der Waals surface area contributed by atoms with Crippen LogP contribution < -0.4 is 16.6 Å². The van der Waals surface area contributed by atoms with Crippen molar-refractivity contribution in [1.82, 2.24) is 19.5 Å². The van der Waals surface area contributed by atoms with Crippen LogP contribution in [0.3, 0.4) is 0 Å². The number of azide groups is 1. The van der Waals surface area contributed by atoms with Gasteiger partial charge >= 0.3 is 5.69 Å². The van der Waals surface area contributed by atoms with Crippen molar-refractivity contribution in [3.63, 3.8) is 0 Å². The number of unbranched alkanes of at least 4 members (excludes halogenated alkanes) is 2. The van der Waals surface area contributed by atoms with Gasteiger partial charge in [-0.25, -0.2) is 16.0 Å².